The molecule has 0 aliphatic carbocycles. The van der Waals surface area contributed by atoms with Crippen LogP contribution in [-0.4, -0.2) is 42.2 Å². The molecule has 0 saturated carbocycles. The minimum atomic E-state index is -0.174. The molecule has 0 spiro atoms. The average Bonchev–Trinajstić information content (AvgIpc) is 3.05. The molecule has 1 fully saturated rings. The number of aromatic nitrogens is 1. The first kappa shape index (κ1) is 17.8. The van der Waals surface area contributed by atoms with E-state index in [1.54, 1.807) is 11.3 Å². The van der Waals surface area contributed by atoms with Gasteiger partial charge < -0.3 is 15.4 Å². The first-order valence-electron chi connectivity index (χ1n) is 8.50. The van der Waals surface area contributed by atoms with Crippen LogP contribution in [0.1, 0.15) is 21.8 Å². The molecule has 0 unspecified atom stereocenters. The first-order valence-corrected chi connectivity index (χ1v) is 9.38. The summed E-state index contributed by atoms with van der Waals surface area (Å²) in [6.07, 6.45) is 0. The molecule has 0 radical (unpaired) electrons. The van der Waals surface area contributed by atoms with Crippen molar-refractivity contribution >= 4 is 17.4 Å². The number of hydrogen-bond donors (Lipinski definition) is 2. The largest absolute Gasteiger partial charge is 0.379 e. The van der Waals surface area contributed by atoms with Crippen molar-refractivity contribution in [2.75, 3.05) is 26.3 Å². The Kier molecular flexibility index (Phi) is 6.38. The molecule has 1 aliphatic heterocycles. The van der Waals surface area contributed by atoms with Crippen LogP contribution in [0.5, 0.6) is 0 Å². The molecule has 0 bridgehead atoms. The fourth-order valence-corrected chi connectivity index (χ4v) is 3.40. The lowest BCUT2D eigenvalue weighted by molar-refractivity contribution is 0.0341. The number of carbonyl (C=O) groups is 1. The van der Waals surface area contributed by atoms with Gasteiger partial charge >= 0.3 is 6.03 Å². The van der Waals surface area contributed by atoms with E-state index in [4.69, 9.17) is 4.74 Å². The molecule has 134 valence electrons. The minimum absolute atomic E-state index is 0.174. The molecule has 1 saturated heterocycles. The van der Waals surface area contributed by atoms with Crippen molar-refractivity contribution in [1.29, 1.82) is 0 Å². The number of aryl methyl sites for hydroxylation is 1. The van der Waals surface area contributed by atoms with Crippen molar-refractivity contribution in [2.45, 2.75) is 26.6 Å². The second kappa shape index (κ2) is 8.94. The molecule has 3 rings (SSSR count). The number of ether oxygens (including phenoxy) is 1. The highest BCUT2D eigenvalue weighted by molar-refractivity contribution is 7.09. The molecule has 1 aliphatic rings. The third-order valence-electron chi connectivity index (χ3n) is 4.15. The summed E-state index contributed by atoms with van der Waals surface area (Å²) in [7, 11) is 0. The van der Waals surface area contributed by atoms with Gasteiger partial charge in [0.1, 0.15) is 0 Å². The number of nitrogens with zero attached hydrogens (tertiary/aromatic N) is 2. The summed E-state index contributed by atoms with van der Waals surface area (Å²) in [6, 6.07) is 8.08. The van der Waals surface area contributed by atoms with E-state index < -0.39 is 0 Å². The van der Waals surface area contributed by atoms with Crippen molar-refractivity contribution in [2.24, 2.45) is 0 Å². The number of thiazole rings is 1. The van der Waals surface area contributed by atoms with E-state index in [1.165, 1.54) is 5.56 Å². The van der Waals surface area contributed by atoms with Gasteiger partial charge in [-0.1, -0.05) is 24.3 Å². The Bertz CT molecular complexity index is 698. The highest BCUT2D eigenvalue weighted by Crippen LogP contribution is 2.13. The molecule has 2 N–H and O–H groups in total. The van der Waals surface area contributed by atoms with Gasteiger partial charge in [-0.15, -0.1) is 11.3 Å². The number of rotatable bonds is 6. The second-order valence-corrected chi connectivity index (χ2v) is 7.11. The Morgan fingerprint density at radius 1 is 1.20 bits per heavy atom. The first-order chi connectivity index (χ1) is 12.2. The molecular formula is C18H24N4O2S. The molecule has 2 aromatic rings. The van der Waals surface area contributed by atoms with Gasteiger partial charge in [-0.2, -0.15) is 0 Å². The van der Waals surface area contributed by atoms with E-state index in [9.17, 15) is 4.79 Å². The number of morpholine rings is 1. The van der Waals surface area contributed by atoms with Gasteiger partial charge in [0, 0.05) is 31.6 Å². The SMILES string of the molecule is Cc1nc(CNC(=O)NCc2ccccc2CN2CCOCC2)cs1. The van der Waals surface area contributed by atoms with E-state index in [0.717, 1.165) is 49.1 Å². The average molecular weight is 360 g/mol. The van der Waals surface area contributed by atoms with Crippen molar-refractivity contribution in [3.8, 4) is 0 Å². The van der Waals surface area contributed by atoms with E-state index >= 15 is 0 Å². The zero-order valence-corrected chi connectivity index (χ0v) is 15.3. The maximum atomic E-state index is 12.0. The summed E-state index contributed by atoms with van der Waals surface area (Å²) < 4.78 is 5.40. The molecule has 1 aromatic carbocycles. The Hall–Kier alpha value is -1.96. The van der Waals surface area contributed by atoms with E-state index in [2.05, 4.69) is 32.7 Å². The van der Waals surface area contributed by atoms with Gasteiger partial charge in [0.05, 0.1) is 30.5 Å². The highest BCUT2D eigenvalue weighted by atomic mass is 32.1. The van der Waals surface area contributed by atoms with Crippen LogP contribution in [0, 0.1) is 6.92 Å². The van der Waals surface area contributed by atoms with Crippen LogP contribution in [0.2, 0.25) is 0 Å². The molecule has 7 heteroatoms. The normalized spacial score (nSPS) is 15.1. The molecule has 2 heterocycles. The van der Waals surface area contributed by atoms with Crippen LogP contribution in [0.15, 0.2) is 29.6 Å². The van der Waals surface area contributed by atoms with Crippen LogP contribution < -0.4 is 10.6 Å². The Morgan fingerprint density at radius 2 is 1.92 bits per heavy atom. The van der Waals surface area contributed by atoms with Crippen LogP contribution in [-0.2, 0) is 24.4 Å². The topological polar surface area (TPSA) is 66.5 Å². The number of benzene rings is 1. The quantitative estimate of drug-likeness (QED) is 0.829. The van der Waals surface area contributed by atoms with Crippen molar-refractivity contribution in [3.63, 3.8) is 0 Å². The fraction of sp³-hybridized carbons (Fsp3) is 0.444. The zero-order chi connectivity index (χ0) is 17.5. The van der Waals surface area contributed by atoms with Gasteiger partial charge in [-0.3, -0.25) is 4.90 Å². The Morgan fingerprint density at radius 3 is 2.64 bits per heavy atom. The Balaban J connectivity index is 1.49. The number of carbonyl (C=O) groups excluding carboxylic acids is 1. The van der Waals surface area contributed by atoms with E-state index in [0.29, 0.717) is 13.1 Å². The lowest BCUT2D eigenvalue weighted by Gasteiger charge is -2.27. The number of urea groups is 1. The van der Waals surface area contributed by atoms with Crippen LogP contribution in [0.4, 0.5) is 4.79 Å². The number of hydrogen-bond acceptors (Lipinski definition) is 5. The minimum Gasteiger partial charge on any atom is -0.379 e. The molecule has 25 heavy (non-hydrogen) atoms. The number of nitrogens with one attached hydrogen (secondary N) is 2. The number of amides is 2. The van der Waals surface area contributed by atoms with Crippen molar-refractivity contribution in [3.05, 3.63) is 51.5 Å². The molecule has 6 nitrogen and oxygen atoms in total. The summed E-state index contributed by atoms with van der Waals surface area (Å²) in [5, 5.41) is 8.76. The summed E-state index contributed by atoms with van der Waals surface area (Å²) in [5.74, 6) is 0. The third-order valence-corrected chi connectivity index (χ3v) is 4.97. The van der Waals surface area contributed by atoms with Crippen LogP contribution >= 0.6 is 11.3 Å². The van der Waals surface area contributed by atoms with Crippen LogP contribution in [0.25, 0.3) is 0 Å². The Labute approximate surface area is 152 Å². The predicted octanol–water partition coefficient (Wildman–Crippen LogP) is 2.28. The second-order valence-electron chi connectivity index (χ2n) is 6.05. The van der Waals surface area contributed by atoms with Crippen molar-refractivity contribution in [1.82, 2.24) is 20.5 Å². The summed E-state index contributed by atoms with van der Waals surface area (Å²) in [6.45, 7) is 7.30. The maximum absolute atomic E-state index is 12.0. The third kappa shape index (κ3) is 5.52. The lowest BCUT2D eigenvalue weighted by atomic mass is 10.1. The van der Waals surface area contributed by atoms with Gasteiger partial charge in [-0.05, 0) is 18.1 Å². The highest BCUT2D eigenvalue weighted by Gasteiger charge is 2.13. The van der Waals surface area contributed by atoms with Crippen molar-refractivity contribution < 1.29 is 9.53 Å². The van der Waals surface area contributed by atoms with E-state index in [1.807, 2.05) is 24.4 Å². The predicted molar refractivity (Wildman–Crippen MR) is 98.5 cm³/mol. The summed E-state index contributed by atoms with van der Waals surface area (Å²) in [5.41, 5.74) is 3.29. The summed E-state index contributed by atoms with van der Waals surface area (Å²) in [4.78, 5) is 18.7. The molecule has 0 atom stereocenters. The van der Waals surface area contributed by atoms with Gasteiger partial charge in [0.15, 0.2) is 0 Å². The fourth-order valence-electron chi connectivity index (χ4n) is 2.78. The standard InChI is InChI=1S/C18H24N4O2S/c1-14-21-17(13-25-14)11-20-18(23)19-10-15-4-2-3-5-16(15)12-22-6-8-24-9-7-22/h2-5,13H,6-12H2,1H3,(H2,19,20,23). The molecular weight excluding hydrogens is 336 g/mol. The smallest absolute Gasteiger partial charge is 0.315 e. The molecule has 2 amide bonds. The molecule has 1 aromatic heterocycles. The van der Waals surface area contributed by atoms with Gasteiger partial charge in [0.25, 0.3) is 0 Å². The monoisotopic (exact) mass is 360 g/mol. The summed E-state index contributed by atoms with van der Waals surface area (Å²) >= 11 is 1.59. The zero-order valence-electron chi connectivity index (χ0n) is 14.5. The van der Waals surface area contributed by atoms with Gasteiger partial charge in [0.2, 0.25) is 0 Å². The van der Waals surface area contributed by atoms with Gasteiger partial charge in [-0.25, -0.2) is 9.78 Å². The van der Waals surface area contributed by atoms with E-state index in [-0.39, 0.29) is 6.03 Å². The van der Waals surface area contributed by atoms with Crippen LogP contribution in [0.3, 0.4) is 0 Å². The lowest BCUT2D eigenvalue weighted by Crippen LogP contribution is -2.37. The maximum Gasteiger partial charge on any atom is 0.315 e.